The Morgan fingerprint density at radius 2 is 2.11 bits per heavy atom. The fraction of sp³-hybridized carbons (Fsp3) is 0.667. The van der Waals surface area contributed by atoms with E-state index in [9.17, 15) is 13.2 Å². The van der Waals surface area contributed by atoms with Crippen LogP contribution in [-0.4, -0.2) is 42.1 Å². The molecule has 1 heterocycles. The Morgan fingerprint density at radius 1 is 1.42 bits per heavy atom. The molecular formula is C12H19N3O3S. The molecule has 2 rings (SSSR count). The van der Waals surface area contributed by atoms with E-state index in [0.717, 1.165) is 12.8 Å². The van der Waals surface area contributed by atoms with Crippen molar-refractivity contribution in [3.63, 3.8) is 0 Å². The molecule has 19 heavy (non-hydrogen) atoms. The largest absolute Gasteiger partial charge is 0.348 e. The number of carbonyl (C=O) groups excluding carboxylic acids is 1. The van der Waals surface area contributed by atoms with Gasteiger partial charge in [-0.3, -0.25) is 9.89 Å². The highest BCUT2D eigenvalue weighted by Crippen LogP contribution is 2.24. The summed E-state index contributed by atoms with van der Waals surface area (Å²) in [7, 11) is -3.14. The lowest BCUT2D eigenvalue weighted by molar-refractivity contribution is 0.0928. The Bertz CT molecular complexity index is 565. The van der Waals surface area contributed by atoms with Gasteiger partial charge in [-0.25, -0.2) is 8.42 Å². The molecule has 0 aliphatic heterocycles. The maximum Gasteiger partial charge on any atom is 0.254 e. The Kier molecular flexibility index (Phi) is 3.93. The summed E-state index contributed by atoms with van der Waals surface area (Å²) < 4.78 is 23.5. The van der Waals surface area contributed by atoms with Gasteiger partial charge in [0.25, 0.3) is 5.91 Å². The number of sulfone groups is 1. The first kappa shape index (κ1) is 14.0. The second-order valence-corrected chi connectivity index (χ2v) is 7.41. The summed E-state index contributed by atoms with van der Waals surface area (Å²) >= 11 is 0. The van der Waals surface area contributed by atoms with Crippen molar-refractivity contribution in [2.24, 2.45) is 0 Å². The average molecular weight is 285 g/mol. The van der Waals surface area contributed by atoms with Gasteiger partial charge in [-0.15, -0.1) is 0 Å². The normalized spacial score (nSPS) is 24.1. The first-order chi connectivity index (χ1) is 8.89. The molecule has 1 fully saturated rings. The molecule has 1 amide bonds. The Balaban J connectivity index is 2.12. The van der Waals surface area contributed by atoms with Crippen LogP contribution < -0.4 is 5.32 Å². The van der Waals surface area contributed by atoms with Crippen LogP contribution >= 0.6 is 0 Å². The Hall–Kier alpha value is -1.37. The summed E-state index contributed by atoms with van der Waals surface area (Å²) in [5.74, 6) is -0.258. The predicted molar refractivity (Wildman–Crippen MR) is 71.7 cm³/mol. The second-order valence-electron chi connectivity index (χ2n) is 5.14. The van der Waals surface area contributed by atoms with Gasteiger partial charge in [0, 0.05) is 18.0 Å². The van der Waals surface area contributed by atoms with E-state index in [1.165, 1.54) is 12.5 Å². The molecule has 0 saturated heterocycles. The number of H-pyrrole nitrogens is 1. The summed E-state index contributed by atoms with van der Waals surface area (Å²) in [5.41, 5.74) is 1.15. The fourth-order valence-corrected chi connectivity index (χ4v) is 4.00. The summed E-state index contributed by atoms with van der Waals surface area (Å²) in [6.07, 6.45) is 5.87. The molecule has 1 aliphatic rings. The van der Waals surface area contributed by atoms with Crippen LogP contribution in [0.2, 0.25) is 0 Å². The fourth-order valence-electron chi connectivity index (χ4n) is 2.60. The van der Waals surface area contributed by atoms with Crippen molar-refractivity contribution in [1.82, 2.24) is 15.5 Å². The highest BCUT2D eigenvalue weighted by molar-refractivity contribution is 7.91. The summed E-state index contributed by atoms with van der Waals surface area (Å²) in [4.78, 5) is 12.1. The quantitative estimate of drug-likeness (QED) is 0.859. The zero-order chi connectivity index (χ0) is 14.0. The van der Waals surface area contributed by atoms with Crippen LogP contribution in [0.5, 0.6) is 0 Å². The van der Waals surface area contributed by atoms with Crippen molar-refractivity contribution >= 4 is 15.7 Å². The Labute approximate surface area is 112 Å². The van der Waals surface area contributed by atoms with Crippen molar-refractivity contribution in [2.75, 3.05) is 6.26 Å². The summed E-state index contributed by atoms with van der Waals surface area (Å²) in [6, 6.07) is -0.300. The SMILES string of the molecule is Cc1[nH]ncc1C(=O)N[C@@H]1CCCC[C@H]1S(C)(=O)=O. The number of aromatic nitrogens is 2. The molecule has 7 heteroatoms. The van der Waals surface area contributed by atoms with Crippen LogP contribution in [-0.2, 0) is 9.84 Å². The van der Waals surface area contributed by atoms with Crippen LogP contribution in [0.25, 0.3) is 0 Å². The maximum absolute atomic E-state index is 12.1. The van der Waals surface area contributed by atoms with E-state index >= 15 is 0 Å². The first-order valence-electron chi connectivity index (χ1n) is 6.39. The van der Waals surface area contributed by atoms with Crippen LogP contribution in [0.15, 0.2) is 6.20 Å². The number of nitrogens with one attached hydrogen (secondary N) is 2. The Morgan fingerprint density at radius 3 is 2.68 bits per heavy atom. The van der Waals surface area contributed by atoms with Gasteiger partial charge in [0.1, 0.15) is 0 Å². The number of hydrogen-bond donors (Lipinski definition) is 2. The molecule has 0 spiro atoms. The standard InChI is InChI=1S/C12H19N3O3S/c1-8-9(7-13-15-8)12(16)14-10-5-3-4-6-11(10)19(2,17)18/h7,10-11H,3-6H2,1-2H3,(H,13,15)(H,14,16)/t10-,11-/m1/s1. The minimum Gasteiger partial charge on any atom is -0.348 e. The molecule has 106 valence electrons. The third-order valence-corrected chi connectivity index (χ3v) is 5.31. The minimum atomic E-state index is -3.14. The van der Waals surface area contributed by atoms with Crippen LogP contribution in [0.1, 0.15) is 41.7 Å². The van der Waals surface area contributed by atoms with Gasteiger partial charge < -0.3 is 5.32 Å². The highest BCUT2D eigenvalue weighted by Gasteiger charge is 2.34. The highest BCUT2D eigenvalue weighted by atomic mass is 32.2. The molecule has 1 aromatic heterocycles. The number of aromatic amines is 1. The van der Waals surface area contributed by atoms with Crippen LogP contribution in [0.3, 0.4) is 0 Å². The van der Waals surface area contributed by atoms with E-state index in [2.05, 4.69) is 15.5 Å². The molecule has 6 nitrogen and oxygen atoms in total. The lowest BCUT2D eigenvalue weighted by atomic mass is 9.94. The summed E-state index contributed by atoms with van der Waals surface area (Å²) in [5, 5.41) is 8.86. The molecule has 2 N–H and O–H groups in total. The number of carbonyl (C=O) groups is 1. The van der Waals surface area contributed by atoms with E-state index in [0.29, 0.717) is 24.1 Å². The van der Waals surface area contributed by atoms with Crippen molar-refractivity contribution in [2.45, 2.75) is 43.9 Å². The average Bonchev–Trinajstić information content (AvgIpc) is 2.75. The third-order valence-electron chi connectivity index (χ3n) is 3.64. The molecule has 0 radical (unpaired) electrons. The number of rotatable bonds is 3. The van der Waals surface area contributed by atoms with Gasteiger partial charge in [0.2, 0.25) is 0 Å². The van der Waals surface area contributed by atoms with E-state index in [1.54, 1.807) is 6.92 Å². The number of hydrogen-bond acceptors (Lipinski definition) is 4. The van der Waals surface area contributed by atoms with Crippen LogP contribution in [0.4, 0.5) is 0 Å². The number of amides is 1. The van der Waals surface area contributed by atoms with Gasteiger partial charge in [-0.2, -0.15) is 5.10 Å². The molecular weight excluding hydrogens is 266 g/mol. The topological polar surface area (TPSA) is 91.9 Å². The van der Waals surface area contributed by atoms with E-state index < -0.39 is 15.1 Å². The zero-order valence-electron chi connectivity index (χ0n) is 11.1. The first-order valence-corrected chi connectivity index (χ1v) is 8.34. The van der Waals surface area contributed by atoms with Crippen molar-refractivity contribution in [3.05, 3.63) is 17.5 Å². The molecule has 1 aliphatic carbocycles. The lowest BCUT2D eigenvalue weighted by Gasteiger charge is -2.30. The molecule has 0 aromatic carbocycles. The van der Waals surface area contributed by atoms with Gasteiger partial charge in [0.05, 0.1) is 17.0 Å². The molecule has 2 atom stereocenters. The van der Waals surface area contributed by atoms with Gasteiger partial charge >= 0.3 is 0 Å². The molecule has 1 aromatic rings. The smallest absolute Gasteiger partial charge is 0.254 e. The minimum absolute atomic E-state index is 0.258. The number of nitrogens with zero attached hydrogens (tertiary/aromatic N) is 1. The number of aryl methyl sites for hydroxylation is 1. The zero-order valence-corrected chi connectivity index (χ0v) is 12.0. The lowest BCUT2D eigenvalue weighted by Crippen LogP contribution is -2.48. The molecule has 1 saturated carbocycles. The van der Waals surface area contributed by atoms with E-state index in [1.807, 2.05) is 0 Å². The molecule has 0 bridgehead atoms. The van der Waals surface area contributed by atoms with Crippen LogP contribution in [0, 0.1) is 6.92 Å². The molecule has 0 unspecified atom stereocenters. The maximum atomic E-state index is 12.1. The van der Waals surface area contributed by atoms with Gasteiger partial charge in [-0.1, -0.05) is 12.8 Å². The van der Waals surface area contributed by atoms with Crippen molar-refractivity contribution < 1.29 is 13.2 Å². The van der Waals surface area contributed by atoms with Crippen molar-refractivity contribution in [1.29, 1.82) is 0 Å². The van der Waals surface area contributed by atoms with E-state index in [4.69, 9.17) is 0 Å². The summed E-state index contributed by atoms with van der Waals surface area (Å²) in [6.45, 7) is 1.76. The van der Waals surface area contributed by atoms with Gasteiger partial charge in [0.15, 0.2) is 9.84 Å². The van der Waals surface area contributed by atoms with Gasteiger partial charge in [-0.05, 0) is 19.8 Å². The van der Waals surface area contributed by atoms with Crippen molar-refractivity contribution in [3.8, 4) is 0 Å². The monoisotopic (exact) mass is 285 g/mol. The van der Waals surface area contributed by atoms with E-state index in [-0.39, 0.29) is 11.9 Å². The third kappa shape index (κ3) is 3.15. The predicted octanol–water partition coefficient (Wildman–Crippen LogP) is 0.804. The second kappa shape index (κ2) is 5.32.